The van der Waals surface area contributed by atoms with Crippen LogP contribution >= 0.6 is 0 Å². The maximum atomic E-state index is 6.26. The Bertz CT molecular complexity index is 462. The first-order valence-corrected chi connectivity index (χ1v) is 7.38. The quantitative estimate of drug-likeness (QED) is 0.807. The molecule has 20 heavy (non-hydrogen) atoms. The molecule has 110 valence electrons. The van der Waals surface area contributed by atoms with Gasteiger partial charge in [0.2, 0.25) is 0 Å². The third kappa shape index (κ3) is 3.50. The van der Waals surface area contributed by atoms with Crippen molar-refractivity contribution in [1.29, 1.82) is 0 Å². The lowest BCUT2D eigenvalue weighted by Crippen LogP contribution is -2.52. The van der Waals surface area contributed by atoms with Gasteiger partial charge in [0.25, 0.3) is 0 Å². The zero-order valence-corrected chi connectivity index (χ0v) is 13.2. The Labute approximate surface area is 122 Å². The Morgan fingerprint density at radius 2 is 1.80 bits per heavy atom. The minimum Gasteiger partial charge on any atom is -0.346 e. The summed E-state index contributed by atoms with van der Waals surface area (Å²) in [6.45, 7) is 11.5. The molecule has 1 aromatic rings. The number of hydrogen-bond donors (Lipinski definition) is 0. The minimum absolute atomic E-state index is 0.0499. The fraction of sp³-hybridized carbons (Fsp3) is 0.556. The van der Waals surface area contributed by atoms with Crippen LogP contribution in [0.3, 0.4) is 0 Å². The van der Waals surface area contributed by atoms with Crippen LogP contribution in [-0.2, 0) is 9.47 Å². The normalized spacial score (nSPS) is 30.0. The molecule has 2 nitrogen and oxygen atoms in total. The summed E-state index contributed by atoms with van der Waals surface area (Å²) in [6.07, 6.45) is 4.28. The smallest absolute Gasteiger partial charge is 0.185 e. The van der Waals surface area contributed by atoms with Crippen LogP contribution in [0.5, 0.6) is 0 Å². The molecular weight excluding hydrogens is 248 g/mol. The first-order chi connectivity index (χ1) is 9.32. The monoisotopic (exact) mass is 274 g/mol. The zero-order valence-electron chi connectivity index (χ0n) is 13.2. The van der Waals surface area contributed by atoms with Crippen molar-refractivity contribution in [2.75, 3.05) is 6.61 Å². The van der Waals surface area contributed by atoms with E-state index in [1.807, 2.05) is 31.2 Å². The topological polar surface area (TPSA) is 18.5 Å². The third-order valence-corrected chi connectivity index (χ3v) is 3.85. The van der Waals surface area contributed by atoms with Crippen molar-refractivity contribution < 1.29 is 9.47 Å². The molecule has 1 heterocycles. The van der Waals surface area contributed by atoms with Gasteiger partial charge >= 0.3 is 0 Å². The Morgan fingerprint density at radius 3 is 2.40 bits per heavy atom. The summed E-state index contributed by atoms with van der Waals surface area (Å²) in [5.41, 5.74) is 1.21. The molecule has 0 bridgehead atoms. The fourth-order valence-electron chi connectivity index (χ4n) is 2.79. The van der Waals surface area contributed by atoms with Gasteiger partial charge in [-0.3, -0.25) is 0 Å². The lowest BCUT2D eigenvalue weighted by molar-refractivity contribution is -0.304. The molecule has 0 aromatic heterocycles. The van der Waals surface area contributed by atoms with Crippen molar-refractivity contribution in [2.45, 2.75) is 46.5 Å². The largest absolute Gasteiger partial charge is 0.346 e. The predicted molar refractivity (Wildman–Crippen MR) is 83.3 cm³/mol. The second-order valence-corrected chi connectivity index (χ2v) is 6.82. The zero-order chi connectivity index (χ0) is 14.8. The van der Waals surface area contributed by atoms with Gasteiger partial charge in [0, 0.05) is 5.41 Å². The molecule has 1 aliphatic heterocycles. The minimum atomic E-state index is -0.639. The van der Waals surface area contributed by atoms with Gasteiger partial charge in [0.15, 0.2) is 5.79 Å². The molecule has 2 unspecified atom stereocenters. The average Bonchev–Trinajstić information content (AvgIpc) is 2.41. The fourth-order valence-corrected chi connectivity index (χ4v) is 2.79. The summed E-state index contributed by atoms with van der Waals surface area (Å²) in [6, 6.07) is 10.2. The van der Waals surface area contributed by atoms with Crippen LogP contribution in [0.4, 0.5) is 0 Å². The highest BCUT2D eigenvalue weighted by atomic mass is 16.7. The molecule has 1 saturated heterocycles. The van der Waals surface area contributed by atoms with Gasteiger partial charge in [-0.15, -0.1) is 0 Å². The van der Waals surface area contributed by atoms with E-state index in [1.54, 1.807) is 0 Å². The molecule has 2 atom stereocenters. The molecule has 2 heteroatoms. The summed E-state index contributed by atoms with van der Waals surface area (Å²) >= 11 is 0. The number of benzene rings is 1. The number of rotatable bonds is 3. The van der Waals surface area contributed by atoms with Gasteiger partial charge in [0.1, 0.15) is 0 Å². The summed E-state index contributed by atoms with van der Waals surface area (Å²) in [7, 11) is 0. The third-order valence-electron chi connectivity index (χ3n) is 3.85. The average molecular weight is 274 g/mol. The van der Waals surface area contributed by atoms with Crippen LogP contribution in [0.25, 0.3) is 6.08 Å². The Morgan fingerprint density at radius 1 is 1.15 bits per heavy atom. The van der Waals surface area contributed by atoms with Crippen molar-refractivity contribution in [3.8, 4) is 0 Å². The summed E-state index contributed by atoms with van der Waals surface area (Å²) in [5.74, 6) is -0.168. The lowest BCUT2D eigenvalue weighted by Gasteiger charge is -2.47. The van der Waals surface area contributed by atoms with Crippen LogP contribution in [0, 0.1) is 11.3 Å². The van der Waals surface area contributed by atoms with E-state index in [9.17, 15) is 0 Å². The van der Waals surface area contributed by atoms with Gasteiger partial charge in [0.05, 0.1) is 12.7 Å². The van der Waals surface area contributed by atoms with E-state index in [4.69, 9.17) is 9.47 Å². The first kappa shape index (κ1) is 15.3. The molecule has 1 aliphatic rings. The Kier molecular flexibility index (Phi) is 4.36. The van der Waals surface area contributed by atoms with Crippen molar-refractivity contribution in [3.05, 3.63) is 42.0 Å². The summed E-state index contributed by atoms with van der Waals surface area (Å²) < 4.78 is 12.2. The highest BCUT2D eigenvalue weighted by Crippen LogP contribution is 2.39. The van der Waals surface area contributed by atoms with E-state index < -0.39 is 5.79 Å². The molecule has 0 amide bonds. The van der Waals surface area contributed by atoms with Gasteiger partial charge in [-0.2, -0.15) is 0 Å². The van der Waals surface area contributed by atoms with E-state index in [0.717, 1.165) is 5.56 Å². The molecule has 2 rings (SSSR count). The van der Waals surface area contributed by atoms with Crippen LogP contribution in [0.15, 0.2) is 36.4 Å². The predicted octanol–water partition coefficient (Wildman–Crippen LogP) is 4.51. The standard InChI is InChI=1S/C18H26O2/c1-14(2)16-17(3,4)13-19-18(5,20-16)12-11-15-9-7-6-8-10-15/h6-12,14,16H,13H2,1-5H3. The molecule has 0 radical (unpaired) electrons. The van der Waals surface area contributed by atoms with Gasteiger partial charge in [-0.25, -0.2) is 0 Å². The first-order valence-electron chi connectivity index (χ1n) is 7.38. The lowest BCUT2D eigenvalue weighted by atomic mass is 9.80. The number of hydrogen-bond acceptors (Lipinski definition) is 2. The molecule has 0 spiro atoms. The van der Waals surface area contributed by atoms with E-state index in [1.165, 1.54) is 0 Å². The maximum Gasteiger partial charge on any atom is 0.185 e. The van der Waals surface area contributed by atoms with E-state index in [2.05, 4.69) is 45.9 Å². The molecule has 1 aromatic carbocycles. The SMILES string of the molecule is CC(C)C1OC(C)(C=Cc2ccccc2)OCC1(C)C. The number of ether oxygens (including phenoxy) is 2. The highest BCUT2D eigenvalue weighted by Gasteiger charge is 2.44. The highest BCUT2D eigenvalue weighted by molar-refractivity contribution is 5.49. The van der Waals surface area contributed by atoms with E-state index in [-0.39, 0.29) is 11.5 Å². The van der Waals surface area contributed by atoms with Gasteiger partial charge in [-0.1, -0.05) is 64.1 Å². The van der Waals surface area contributed by atoms with Crippen LogP contribution in [-0.4, -0.2) is 18.5 Å². The summed E-state index contributed by atoms with van der Waals surface area (Å²) in [4.78, 5) is 0. The summed E-state index contributed by atoms with van der Waals surface area (Å²) in [5, 5.41) is 0. The molecule has 0 N–H and O–H groups in total. The molecule has 0 saturated carbocycles. The second-order valence-electron chi connectivity index (χ2n) is 6.82. The molecule has 1 fully saturated rings. The maximum absolute atomic E-state index is 6.26. The van der Waals surface area contributed by atoms with Crippen molar-refractivity contribution in [2.24, 2.45) is 11.3 Å². The van der Waals surface area contributed by atoms with Crippen LogP contribution in [0.1, 0.15) is 40.2 Å². The Hall–Kier alpha value is -1.12. The van der Waals surface area contributed by atoms with Crippen molar-refractivity contribution in [1.82, 2.24) is 0 Å². The van der Waals surface area contributed by atoms with Gasteiger partial charge in [-0.05, 0) is 24.5 Å². The van der Waals surface area contributed by atoms with Crippen LogP contribution < -0.4 is 0 Å². The van der Waals surface area contributed by atoms with Crippen molar-refractivity contribution in [3.63, 3.8) is 0 Å². The van der Waals surface area contributed by atoms with E-state index >= 15 is 0 Å². The van der Waals surface area contributed by atoms with E-state index in [0.29, 0.717) is 12.5 Å². The van der Waals surface area contributed by atoms with Crippen LogP contribution in [0.2, 0.25) is 0 Å². The van der Waals surface area contributed by atoms with Gasteiger partial charge < -0.3 is 9.47 Å². The Balaban J connectivity index is 2.13. The molecular formula is C18H26O2. The van der Waals surface area contributed by atoms with Crippen molar-refractivity contribution >= 4 is 6.08 Å². The second kappa shape index (κ2) is 5.71. The molecule has 0 aliphatic carbocycles.